The second kappa shape index (κ2) is 7.95. The van der Waals surface area contributed by atoms with Crippen LogP contribution >= 0.6 is 23.2 Å². The summed E-state index contributed by atoms with van der Waals surface area (Å²) in [6, 6.07) is 25.8. The van der Waals surface area contributed by atoms with Crippen molar-refractivity contribution in [2.75, 3.05) is 0 Å². The third-order valence-corrected chi connectivity index (χ3v) is 4.89. The first-order valence-corrected chi connectivity index (χ1v) is 9.41. The summed E-state index contributed by atoms with van der Waals surface area (Å²) in [6.45, 7) is 0.671. The lowest BCUT2D eigenvalue weighted by molar-refractivity contribution is 0.747. The Balaban J connectivity index is 1.74. The van der Waals surface area contributed by atoms with Crippen molar-refractivity contribution in [2.45, 2.75) is 13.0 Å². The van der Waals surface area contributed by atoms with E-state index in [0.717, 1.165) is 34.2 Å². The van der Waals surface area contributed by atoms with E-state index in [-0.39, 0.29) is 0 Å². The van der Waals surface area contributed by atoms with Crippen LogP contribution in [0.15, 0.2) is 78.9 Å². The highest BCUT2D eigenvalue weighted by Gasteiger charge is 2.15. The SMILES string of the molecule is Clc1ccc(Cn2c(Cc3ccccc3)nnc2-c2ccc(Cl)cc2)cc1. The first-order valence-electron chi connectivity index (χ1n) is 8.65. The van der Waals surface area contributed by atoms with Gasteiger partial charge in [-0.25, -0.2) is 0 Å². The summed E-state index contributed by atoms with van der Waals surface area (Å²) in [6.07, 6.45) is 0.717. The minimum absolute atomic E-state index is 0.671. The molecule has 1 aromatic heterocycles. The summed E-state index contributed by atoms with van der Waals surface area (Å²) in [4.78, 5) is 0. The van der Waals surface area contributed by atoms with Gasteiger partial charge in [0.1, 0.15) is 5.82 Å². The second-order valence-electron chi connectivity index (χ2n) is 6.32. The minimum atomic E-state index is 0.671. The van der Waals surface area contributed by atoms with Crippen LogP contribution in [0.1, 0.15) is 17.0 Å². The molecular formula is C22H17Cl2N3. The van der Waals surface area contributed by atoms with Crippen molar-refractivity contribution in [3.05, 3.63) is 106 Å². The van der Waals surface area contributed by atoms with Gasteiger partial charge in [0.15, 0.2) is 5.82 Å². The molecule has 0 unspecified atom stereocenters. The van der Waals surface area contributed by atoms with E-state index in [2.05, 4.69) is 26.9 Å². The predicted molar refractivity (Wildman–Crippen MR) is 110 cm³/mol. The van der Waals surface area contributed by atoms with E-state index >= 15 is 0 Å². The van der Waals surface area contributed by atoms with Crippen LogP contribution in [0.4, 0.5) is 0 Å². The van der Waals surface area contributed by atoms with E-state index in [1.807, 2.05) is 66.7 Å². The summed E-state index contributed by atoms with van der Waals surface area (Å²) in [5.41, 5.74) is 3.33. The molecule has 0 fully saturated rings. The smallest absolute Gasteiger partial charge is 0.164 e. The van der Waals surface area contributed by atoms with Gasteiger partial charge in [-0.05, 0) is 47.5 Å². The van der Waals surface area contributed by atoms with E-state index in [0.29, 0.717) is 11.6 Å². The van der Waals surface area contributed by atoms with E-state index < -0.39 is 0 Å². The fourth-order valence-corrected chi connectivity index (χ4v) is 3.25. The van der Waals surface area contributed by atoms with Crippen LogP contribution in [0.5, 0.6) is 0 Å². The molecule has 0 saturated carbocycles. The maximum absolute atomic E-state index is 6.04. The molecule has 0 N–H and O–H groups in total. The average Bonchev–Trinajstić information content (AvgIpc) is 3.07. The van der Waals surface area contributed by atoms with Crippen LogP contribution in [0.3, 0.4) is 0 Å². The third-order valence-electron chi connectivity index (χ3n) is 4.39. The van der Waals surface area contributed by atoms with Gasteiger partial charge in [0.25, 0.3) is 0 Å². The molecule has 0 saturated heterocycles. The molecule has 1 heterocycles. The molecule has 27 heavy (non-hydrogen) atoms. The van der Waals surface area contributed by atoms with Crippen LogP contribution in [-0.2, 0) is 13.0 Å². The molecule has 5 heteroatoms. The minimum Gasteiger partial charge on any atom is -0.306 e. The number of halogens is 2. The van der Waals surface area contributed by atoms with Gasteiger partial charge in [0.05, 0.1) is 6.54 Å². The number of hydrogen-bond acceptors (Lipinski definition) is 2. The fourth-order valence-electron chi connectivity index (χ4n) is 3.00. The zero-order valence-electron chi connectivity index (χ0n) is 14.5. The van der Waals surface area contributed by atoms with Crippen LogP contribution in [-0.4, -0.2) is 14.8 Å². The van der Waals surface area contributed by atoms with Gasteiger partial charge >= 0.3 is 0 Å². The first-order chi connectivity index (χ1) is 13.2. The Hall–Kier alpha value is -2.62. The quantitative estimate of drug-likeness (QED) is 0.423. The Bertz CT molecular complexity index is 1020. The zero-order chi connectivity index (χ0) is 18.6. The van der Waals surface area contributed by atoms with Crippen molar-refractivity contribution >= 4 is 23.2 Å². The lowest BCUT2D eigenvalue weighted by Crippen LogP contribution is -2.07. The van der Waals surface area contributed by atoms with Crippen molar-refractivity contribution in [3.8, 4) is 11.4 Å². The standard InChI is InChI=1S/C22H17Cl2N3/c23-19-10-6-17(7-11-19)15-27-21(14-16-4-2-1-3-5-16)25-26-22(27)18-8-12-20(24)13-9-18/h1-13H,14-15H2. The molecular weight excluding hydrogens is 377 g/mol. The van der Waals surface area contributed by atoms with Gasteiger partial charge in [-0.15, -0.1) is 10.2 Å². The molecule has 0 radical (unpaired) electrons. The van der Waals surface area contributed by atoms with Crippen molar-refractivity contribution < 1.29 is 0 Å². The lowest BCUT2D eigenvalue weighted by Gasteiger charge is -2.11. The molecule has 0 aliphatic carbocycles. The molecule has 0 aliphatic rings. The maximum Gasteiger partial charge on any atom is 0.164 e. The Morgan fingerprint density at radius 2 is 1.30 bits per heavy atom. The van der Waals surface area contributed by atoms with Crippen molar-refractivity contribution in [3.63, 3.8) is 0 Å². The highest BCUT2D eigenvalue weighted by molar-refractivity contribution is 6.30. The van der Waals surface area contributed by atoms with E-state index in [4.69, 9.17) is 23.2 Å². The van der Waals surface area contributed by atoms with Gasteiger partial charge in [0, 0.05) is 22.0 Å². The summed E-state index contributed by atoms with van der Waals surface area (Å²) < 4.78 is 2.15. The van der Waals surface area contributed by atoms with E-state index in [9.17, 15) is 0 Å². The lowest BCUT2D eigenvalue weighted by atomic mass is 10.1. The summed E-state index contributed by atoms with van der Waals surface area (Å²) >= 11 is 12.1. The molecule has 0 aliphatic heterocycles. The van der Waals surface area contributed by atoms with E-state index in [1.54, 1.807) is 0 Å². The first kappa shape index (κ1) is 17.8. The average molecular weight is 394 g/mol. The van der Waals surface area contributed by atoms with Gasteiger partial charge in [-0.2, -0.15) is 0 Å². The molecule has 0 bridgehead atoms. The normalized spacial score (nSPS) is 10.9. The van der Waals surface area contributed by atoms with E-state index in [1.165, 1.54) is 5.56 Å². The second-order valence-corrected chi connectivity index (χ2v) is 7.19. The van der Waals surface area contributed by atoms with Crippen molar-refractivity contribution in [1.29, 1.82) is 0 Å². The Labute approximate surface area is 168 Å². The predicted octanol–water partition coefficient (Wildman–Crippen LogP) is 5.89. The molecule has 4 rings (SSSR count). The number of benzene rings is 3. The van der Waals surface area contributed by atoms with Crippen molar-refractivity contribution in [1.82, 2.24) is 14.8 Å². The van der Waals surface area contributed by atoms with Crippen LogP contribution in [0.25, 0.3) is 11.4 Å². The third kappa shape index (κ3) is 4.21. The number of hydrogen-bond donors (Lipinski definition) is 0. The van der Waals surface area contributed by atoms with Gasteiger partial charge in [-0.1, -0.05) is 65.7 Å². The number of rotatable bonds is 5. The maximum atomic E-state index is 6.04. The Morgan fingerprint density at radius 1 is 0.667 bits per heavy atom. The summed E-state index contributed by atoms with van der Waals surface area (Å²) in [5, 5.41) is 10.4. The van der Waals surface area contributed by atoms with Crippen LogP contribution in [0.2, 0.25) is 10.0 Å². The molecule has 0 amide bonds. The van der Waals surface area contributed by atoms with Crippen LogP contribution < -0.4 is 0 Å². The molecule has 134 valence electrons. The van der Waals surface area contributed by atoms with Gasteiger partial charge < -0.3 is 4.57 Å². The monoisotopic (exact) mass is 393 g/mol. The molecule has 3 aromatic carbocycles. The highest BCUT2D eigenvalue weighted by atomic mass is 35.5. The molecule has 0 spiro atoms. The highest BCUT2D eigenvalue weighted by Crippen LogP contribution is 2.23. The fraction of sp³-hybridized carbons (Fsp3) is 0.0909. The largest absolute Gasteiger partial charge is 0.306 e. The summed E-state index contributed by atoms with van der Waals surface area (Å²) in [5.74, 6) is 1.74. The topological polar surface area (TPSA) is 30.7 Å². The number of nitrogens with zero attached hydrogens (tertiary/aromatic N) is 3. The zero-order valence-corrected chi connectivity index (χ0v) is 16.0. The Morgan fingerprint density at radius 3 is 1.96 bits per heavy atom. The number of aromatic nitrogens is 3. The molecule has 4 aromatic rings. The van der Waals surface area contributed by atoms with Crippen molar-refractivity contribution in [2.24, 2.45) is 0 Å². The molecule has 0 atom stereocenters. The van der Waals surface area contributed by atoms with Crippen LogP contribution in [0, 0.1) is 0 Å². The Kier molecular flexibility index (Phi) is 5.23. The molecule has 3 nitrogen and oxygen atoms in total. The van der Waals surface area contributed by atoms with Gasteiger partial charge in [-0.3, -0.25) is 0 Å². The van der Waals surface area contributed by atoms with Gasteiger partial charge in [0.2, 0.25) is 0 Å². The summed E-state index contributed by atoms with van der Waals surface area (Å²) in [7, 11) is 0.